The number of aliphatic hydroxyl groups is 1. The van der Waals surface area contributed by atoms with Crippen molar-refractivity contribution in [3.63, 3.8) is 0 Å². The van der Waals surface area contributed by atoms with Crippen LogP contribution in [0.4, 0.5) is 22.5 Å². The van der Waals surface area contributed by atoms with E-state index in [9.17, 15) is 14.7 Å². The average Bonchev–Trinajstić information content (AvgIpc) is 3.58. The zero-order valence-corrected chi connectivity index (χ0v) is 22.8. The van der Waals surface area contributed by atoms with Crippen LogP contribution in [0.2, 0.25) is 0 Å². The largest absolute Gasteiger partial charge is 0.471 e. The summed E-state index contributed by atoms with van der Waals surface area (Å²) < 4.78 is 12.4. The van der Waals surface area contributed by atoms with Crippen molar-refractivity contribution in [2.45, 2.75) is 32.1 Å². The quantitative estimate of drug-likeness (QED) is 0.399. The lowest BCUT2D eigenvalue weighted by Crippen LogP contribution is -2.38. The number of primary amides is 1. The number of nitrogens with one attached hydrogen (secondary N) is 1. The molecule has 0 aliphatic carbocycles. The fraction of sp³-hybridized carbons (Fsp3) is 0.423. The van der Waals surface area contributed by atoms with Gasteiger partial charge in [0.2, 0.25) is 12.1 Å². The number of fused-ring (bicyclic) bond motifs is 1. The van der Waals surface area contributed by atoms with E-state index in [-0.39, 0.29) is 17.7 Å². The molecule has 0 bridgehead atoms. The second-order valence-corrected chi connectivity index (χ2v) is 10.9. The lowest BCUT2D eigenvalue weighted by molar-refractivity contribution is -0.115. The minimum atomic E-state index is -0.766. The van der Waals surface area contributed by atoms with E-state index in [1.54, 1.807) is 23.2 Å². The molecule has 3 aromatic heterocycles. The summed E-state index contributed by atoms with van der Waals surface area (Å²) in [5.74, 6) is 0.0712. The van der Waals surface area contributed by atoms with Crippen LogP contribution in [0.15, 0.2) is 36.4 Å². The van der Waals surface area contributed by atoms with Crippen molar-refractivity contribution in [2.75, 3.05) is 59.4 Å². The van der Waals surface area contributed by atoms with Gasteiger partial charge in [-0.05, 0) is 31.0 Å². The highest BCUT2D eigenvalue weighted by Crippen LogP contribution is 2.44. The van der Waals surface area contributed by atoms with E-state index in [4.69, 9.17) is 25.2 Å². The van der Waals surface area contributed by atoms with Gasteiger partial charge in [0.25, 0.3) is 5.91 Å². The molecular formula is C26H30N8O5S. The minimum absolute atomic E-state index is 0.167. The van der Waals surface area contributed by atoms with E-state index in [2.05, 4.69) is 20.1 Å². The van der Waals surface area contributed by atoms with Crippen LogP contribution in [0.1, 0.15) is 31.6 Å². The number of rotatable bonds is 6. The topological polar surface area (TPSA) is 159 Å². The number of ether oxygens (including phenoxy) is 2. The number of carbonyl (C=O) groups excluding carboxylic acids is 2. The Kier molecular flexibility index (Phi) is 7.12. The van der Waals surface area contributed by atoms with Gasteiger partial charge in [-0.1, -0.05) is 11.3 Å². The third-order valence-corrected chi connectivity index (χ3v) is 8.12. The highest BCUT2D eigenvalue weighted by atomic mass is 32.1. The number of carbonyl (C=O) groups is 2. The van der Waals surface area contributed by atoms with Crippen LogP contribution in [0, 0.1) is 0 Å². The molecule has 1 unspecified atom stereocenters. The number of anilines is 4. The van der Waals surface area contributed by atoms with Crippen LogP contribution < -0.4 is 25.8 Å². The van der Waals surface area contributed by atoms with E-state index < -0.39 is 12.1 Å². The summed E-state index contributed by atoms with van der Waals surface area (Å²) in [5.41, 5.74) is 7.89. The zero-order chi connectivity index (χ0) is 27.8. The van der Waals surface area contributed by atoms with Crippen molar-refractivity contribution in [3.8, 4) is 0 Å². The second-order valence-electron chi connectivity index (χ2n) is 9.85. The number of pyridine rings is 2. The van der Waals surface area contributed by atoms with Crippen molar-refractivity contribution in [2.24, 2.45) is 5.73 Å². The van der Waals surface area contributed by atoms with Crippen LogP contribution >= 0.6 is 11.3 Å². The standard InChI is InChI=1S/C26H30N8O5S/c1-15(35)29-21-12-16(2-5-28-21)25-34(19(14-39-25)22(27)37)18-13-20-23(30-24(18)32-6-3-17(36)4-7-32)31-26(40-20)33-8-10-38-11-9-33/h2,5,12-14,17,25,36H,3-4,6-11H2,1H3,(H2,27,37)(H,28,29,35). The Morgan fingerprint density at radius 2 is 1.90 bits per heavy atom. The van der Waals surface area contributed by atoms with E-state index in [1.165, 1.54) is 24.5 Å². The van der Waals surface area contributed by atoms with Crippen molar-refractivity contribution >= 4 is 56.0 Å². The maximum atomic E-state index is 12.6. The fourth-order valence-corrected chi connectivity index (χ4v) is 6.09. The van der Waals surface area contributed by atoms with Crippen molar-refractivity contribution in [1.82, 2.24) is 15.0 Å². The smallest absolute Gasteiger partial charge is 0.268 e. The fourth-order valence-electron chi connectivity index (χ4n) is 5.09. The SMILES string of the molecule is CC(=O)Nc1cc(C2OC=C(C(N)=O)N2c2cc3sc(N4CCOCC4)nc3nc2N2CCC(O)CC2)ccn1. The van der Waals surface area contributed by atoms with Crippen molar-refractivity contribution in [3.05, 3.63) is 41.9 Å². The Hall–Kier alpha value is -4.01. The number of aromatic nitrogens is 3. The first-order valence-corrected chi connectivity index (χ1v) is 13.9. The molecule has 40 heavy (non-hydrogen) atoms. The van der Waals surface area contributed by atoms with Gasteiger partial charge in [0.15, 0.2) is 16.6 Å². The van der Waals surface area contributed by atoms with Gasteiger partial charge in [-0.25, -0.2) is 9.97 Å². The summed E-state index contributed by atoms with van der Waals surface area (Å²) in [6.45, 7) is 5.36. The molecule has 3 aromatic rings. The van der Waals surface area contributed by atoms with E-state index in [0.717, 1.165) is 22.9 Å². The van der Waals surface area contributed by atoms with E-state index in [1.807, 2.05) is 6.07 Å². The Balaban J connectivity index is 1.47. The number of hydrogen-bond acceptors (Lipinski definition) is 12. The Labute approximate surface area is 234 Å². The average molecular weight is 567 g/mol. The molecule has 6 rings (SSSR count). The minimum Gasteiger partial charge on any atom is -0.471 e. The van der Waals surface area contributed by atoms with Gasteiger partial charge >= 0.3 is 0 Å². The van der Waals surface area contributed by atoms with Crippen LogP contribution in [0.5, 0.6) is 0 Å². The summed E-state index contributed by atoms with van der Waals surface area (Å²) in [4.78, 5) is 44.4. The highest BCUT2D eigenvalue weighted by Gasteiger charge is 2.37. The van der Waals surface area contributed by atoms with Gasteiger partial charge in [0.05, 0.1) is 29.7 Å². The Bertz CT molecular complexity index is 1460. The van der Waals surface area contributed by atoms with Gasteiger partial charge in [-0.2, -0.15) is 4.98 Å². The van der Waals surface area contributed by atoms with Gasteiger partial charge < -0.3 is 35.4 Å². The van der Waals surface area contributed by atoms with E-state index >= 15 is 0 Å². The molecule has 13 nitrogen and oxygen atoms in total. The summed E-state index contributed by atoms with van der Waals surface area (Å²) in [6, 6.07) is 5.43. The number of amides is 2. The second kappa shape index (κ2) is 10.9. The third kappa shape index (κ3) is 5.12. The molecule has 0 radical (unpaired) electrons. The molecule has 0 saturated carbocycles. The normalized spacial score (nSPS) is 20.0. The molecule has 3 aliphatic heterocycles. The summed E-state index contributed by atoms with van der Waals surface area (Å²) >= 11 is 1.53. The first-order valence-electron chi connectivity index (χ1n) is 13.1. The maximum absolute atomic E-state index is 12.6. The van der Waals surface area contributed by atoms with Crippen LogP contribution in [0.25, 0.3) is 10.3 Å². The first-order chi connectivity index (χ1) is 19.4. The monoisotopic (exact) mass is 566 g/mol. The molecule has 0 aromatic carbocycles. The number of thiazole rings is 1. The predicted octanol–water partition coefficient (Wildman–Crippen LogP) is 1.70. The summed E-state index contributed by atoms with van der Waals surface area (Å²) in [5, 5.41) is 13.7. The molecule has 6 heterocycles. The predicted molar refractivity (Wildman–Crippen MR) is 150 cm³/mol. The molecule has 0 spiro atoms. The lowest BCUT2D eigenvalue weighted by Gasteiger charge is -2.35. The Morgan fingerprint density at radius 3 is 2.62 bits per heavy atom. The number of morpholine rings is 1. The van der Waals surface area contributed by atoms with Gasteiger partial charge in [0.1, 0.15) is 17.8 Å². The van der Waals surface area contributed by atoms with Crippen LogP contribution in [-0.4, -0.2) is 77.4 Å². The Morgan fingerprint density at radius 1 is 1.12 bits per heavy atom. The van der Waals surface area contributed by atoms with Crippen molar-refractivity contribution in [1.29, 1.82) is 0 Å². The summed E-state index contributed by atoms with van der Waals surface area (Å²) in [6.07, 6.45) is 2.97. The molecule has 2 saturated heterocycles. The first kappa shape index (κ1) is 26.2. The molecule has 4 N–H and O–H groups in total. The molecule has 3 aliphatic rings. The molecule has 2 amide bonds. The third-order valence-electron chi connectivity index (χ3n) is 7.07. The van der Waals surface area contributed by atoms with Gasteiger partial charge in [-0.15, -0.1) is 0 Å². The molecule has 1 atom stereocenters. The number of nitrogens with zero attached hydrogens (tertiary/aromatic N) is 6. The molecule has 2 fully saturated rings. The number of aliphatic hydroxyl groups excluding tert-OH is 1. The lowest BCUT2D eigenvalue weighted by atomic mass is 10.1. The highest BCUT2D eigenvalue weighted by molar-refractivity contribution is 7.22. The molecular weight excluding hydrogens is 536 g/mol. The number of nitrogens with two attached hydrogens (primary N) is 1. The molecule has 14 heteroatoms. The van der Waals surface area contributed by atoms with Gasteiger partial charge in [0, 0.05) is 44.9 Å². The van der Waals surface area contributed by atoms with Crippen molar-refractivity contribution < 1.29 is 24.2 Å². The maximum Gasteiger partial charge on any atom is 0.268 e. The summed E-state index contributed by atoms with van der Waals surface area (Å²) in [7, 11) is 0. The number of piperidine rings is 1. The number of hydrogen-bond donors (Lipinski definition) is 3. The van der Waals surface area contributed by atoms with Gasteiger partial charge in [-0.3, -0.25) is 14.5 Å². The molecule has 210 valence electrons. The van der Waals surface area contributed by atoms with E-state index in [0.29, 0.717) is 67.7 Å². The van der Waals surface area contributed by atoms with Crippen LogP contribution in [-0.2, 0) is 19.1 Å². The van der Waals surface area contributed by atoms with Crippen LogP contribution in [0.3, 0.4) is 0 Å². The zero-order valence-electron chi connectivity index (χ0n) is 21.9.